The molecule has 0 aliphatic carbocycles. The largest absolute Gasteiger partial charge is 0.591 e. The number of hydrogen-bond acceptors (Lipinski definition) is 6. The molecule has 0 heterocycles. The Balaban J connectivity index is 4.70. The van der Waals surface area contributed by atoms with E-state index in [9.17, 15) is 0 Å². The fraction of sp³-hybridized carbons (Fsp3) is 0.867. The average Bonchev–Trinajstić information content (AvgIpc) is 2.37. The van der Waals surface area contributed by atoms with Crippen LogP contribution < -0.4 is 0 Å². The smallest absolute Gasteiger partial charge is 0.363 e. The van der Waals surface area contributed by atoms with Gasteiger partial charge in [0.05, 0.1) is 19.8 Å². The maximum absolute atomic E-state index is 5.99. The minimum atomic E-state index is -2.94. The van der Waals surface area contributed by atoms with Gasteiger partial charge in [0.2, 0.25) is 0 Å². The first-order valence-corrected chi connectivity index (χ1v) is 9.34. The summed E-state index contributed by atoms with van der Waals surface area (Å²) in [5.41, 5.74) is 3.08. The molecule has 0 N–H and O–H groups in total. The fourth-order valence-electron chi connectivity index (χ4n) is 1.47. The van der Waals surface area contributed by atoms with Crippen LogP contribution in [-0.4, -0.2) is 105 Å². The van der Waals surface area contributed by atoms with Crippen molar-refractivity contribution in [3.05, 3.63) is 0 Å². The number of hydrogen-bond donors (Lipinski definition) is 0. The third kappa shape index (κ3) is 11.2. The van der Waals surface area contributed by atoms with Gasteiger partial charge in [-0.25, -0.2) is 0 Å². The van der Waals surface area contributed by atoms with Crippen LogP contribution in [0.2, 0.25) is 0 Å². The van der Waals surface area contributed by atoms with Crippen molar-refractivity contribution in [2.24, 2.45) is 0 Å². The summed E-state index contributed by atoms with van der Waals surface area (Å²) in [5.74, 6) is 2.92. The van der Waals surface area contributed by atoms with Gasteiger partial charge in [-0.1, -0.05) is 0 Å². The summed E-state index contributed by atoms with van der Waals surface area (Å²) in [5, 5.41) is 0. The van der Waals surface area contributed by atoms with Crippen LogP contribution in [0.25, 0.3) is 0 Å². The minimum absolute atomic E-state index is 0.553. The molecule has 0 amide bonds. The van der Waals surface area contributed by atoms with Crippen LogP contribution in [0.5, 0.6) is 0 Å². The molecule has 0 aromatic carbocycles. The van der Waals surface area contributed by atoms with Crippen molar-refractivity contribution >= 4 is 8.80 Å². The van der Waals surface area contributed by atoms with E-state index >= 15 is 0 Å². The first-order chi connectivity index (χ1) is 10.3. The van der Waals surface area contributed by atoms with E-state index in [0.29, 0.717) is 19.8 Å². The fourth-order valence-corrected chi connectivity index (χ4v) is 3.33. The molecule has 22 heavy (non-hydrogen) atoms. The Bertz CT molecular complexity index is 305. The molecular weight excluding hydrogens is 298 g/mol. The second-order valence-electron chi connectivity index (χ2n) is 5.89. The topological polar surface area (TPSA) is 37.4 Å². The van der Waals surface area contributed by atoms with Crippen LogP contribution in [-0.2, 0) is 13.3 Å². The van der Waals surface area contributed by atoms with E-state index < -0.39 is 8.80 Å². The molecule has 0 aliphatic heterocycles. The second-order valence-corrected chi connectivity index (χ2v) is 8.11. The van der Waals surface area contributed by atoms with E-state index in [1.54, 1.807) is 6.92 Å². The van der Waals surface area contributed by atoms with Crippen molar-refractivity contribution in [3.63, 3.8) is 0 Å². The monoisotopic (exact) mass is 331 g/mol. The molecular formula is C15H33N3O3Si. The Labute approximate surface area is 137 Å². The Kier molecular flexibility index (Phi) is 11.8. The van der Waals surface area contributed by atoms with Gasteiger partial charge in [0.1, 0.15) is 0 Å². The van der Waals surface area contributed by atoms with Crippen molar-refractivity contribution < 1.29 is 13.3 Å². The number of rotatable bonds is 12. The Morgan fingerprint density at radius 1 is 0.682 bits per heavy atom. The van der Waals surface area contributed by atoms with Crippen LogP contribution in [0.4, 0.5) is 0 Å². The zero-order valence-electron chi connectivity index (χ0n) is 15.3. The standard InChI is InChI=1S/C15H33N3O3Si/c1-8-15-22(19-12-9-16(2)3,20-13-10-17(4)5)21-14-11-18(6)7/h9-14H2,1-7H3. The molecule has 7 heteroatoms. The molecule has 0 spiro atoms. The maximum Gasteiger partial charge on any atom is 0.591 e. The maximum atomic E-state index is 5.99. The van der Waals surface area contributed by atoms with E-state index in [2.05, 4.69) is 26.2 Å². The third-order valence-electron chi connectivity index (χ3n) is 2.77. The molecule has 0 unspecified atom stereocenters. The SMILES string of the molecule is CC#C[Si](OCCN(C)C)(OCCN(C)C)OCCN(C)C. The van der Waals surface area contributed by atoms with Gasteiger partial charge >= 0.3 is 8.80 Å². The molecule has 0 aromatic heterocycles. The molecule has 6 nitrogen and oxygen atoms in total. The molecule has 0 atom stereocenters. The molecule has 0 radical (unpaired) electrons. The van der Waals surface area contributed by atoms with Gasteiger partial charge in [-0.3, -0.25) is 0 Å². The normalized spacial score (nSPS) is 12.1. The first-order valence-electron chi connectivity index (χ1n) is 7.61. The van der Waals surface area contributed by atoms with Crippen molar-refractivity contribution in [3.8, 4) is 11.5 Å². The van der Waals surface area contributed by atoms with Crippen LogP contribution in [0.1, 0.15) is 6.92 Å². The molecule has 0 aliphatic rings. The summed E-state index contributed by atoms with van der Waals surface area (Å²) < 4.78 is 18.0. The van der Waals surface area contributed by atoms with Gasteiger partial charge in [-0.2, -0.15) is 0 Å². The number of nitrogens with zero attached hydrogens (tertiary/aromatic N) is 3. The lowest BCUT2D eigenvalue weighted by atomic mass is 10.6. The third-order valence-corrected chi connectivity index (χ3v) is 5.08. The van der Waals surface area contributed by atoms with Crippen molar-refractivity contribution in [1.29, 1.82) is 0 Å². The molecule has 0 saturated carbocycles. The summed E-state index contributed by atoms with van der Waals surface area (Å²) in [6.45, 7) is 5.89. The summed E-state index contributed by atoms with van der Waals surface area (Å²) in [6.07, 6.45) is 0. The van der Waals surface area contributed by atoms with Crippen LogP contribution in [0, 0.1) is 11.5 Å². The molecule has 0 aromatic rings. The number of likely N-dealkylation sites (N-methyl/N-ethyl adjacent to an activating group) is 3. The highest BCUT2D eigenvalue weighted by molar-refractivity contribution is 6.69. The summed E-state index contributed by atoms with van der Waals surface area (Å²) >= 11 is 0. The van der Waals surface area contributed by atoms with Gasteiger partial charge in [0, 0.05) is 19.6 Å². The quantitative estimate of drug-likeness (QED) is 0.376. The van der Waals surface area contributed by atoms with E-state index in [1.165, 1.54) is 0 Å². The molecule has 0 saturated heterocycles. The summed E-state index contributed by atoms with van der Waals surface area (Å²) in [6, 6.07) is 0. The van der Waals surface area contributed by atoms with Crippen molar-refractivity contribution in [2.45, 2.75) is 6.92 Å². The lowest BCUT2D eigenvalue weighted by molar-refractivity contribution is 0.0609. The van der Waals surface area contributed by atoms with Gasteiger partial charge in [0.25, 0.3) is 0 Å². The Morgan fingerprint density at radius 2 is 1.00 bits per heavy atom. The van der Waals surface area contributed by atoms with E-state index in [-0.39, 0.29) is 0 Å². The molecule has 130 valence electrons. The van der Waals surface area contributed by atoms with Crippen LogP contribution in [0.3, 0.4) is 0 Å². The summed E-state index contributed by atoms with van der Waals surface area (Å²) in [4.78, 5) is 6.20. The molecule has 0 rings (SSSR count). The zero-order valence-corrected chi connectivity index (χ0v) is 16.3. The average molecular weight is 332 g/mol. The highest BCUT2D eigenvalue weighted by Crippen LogP contribution is 2.09. The van der Waals surface area contributed by atoms with Gasteiger partial charge in [-0.15, -0.1) is 5.92 Å². The zero-order chi connectivity index (χ0) is 17.0. The summed E-state index contributed by atoms with van der Waals surface area (Å²) in [7, 11) is 9.13. The van der Waals surface area contributed by atoms with Crippen LogP contribution >= 0.6 is 0 Å². The van der Waals surface area contributed by atoms with Crippen molar-refractivity contribution in [1.82, 2.24) is 14.7 Å². The van der Waals surface area contributed by atoms with E-state index in [4.69, 9.17) is 13.3 Å². The van der Waals surface area contributed by atoms with Crippen LogP contribution in [0.15, 0.2) is 0 Å². The first kappa shape index (κ1) is 21.5. The molecule has 0 bridgehead atoms. The van der Waals surface area contributed by atoms with E-state index in [1.807, 2.05) is 42.3 Å². The van der Waals surface area contributed by atoms with Gasteiger partial charge in [-0.05, 0) is 54.8 Å². The highest BCUT2D eigenvalue weighted by atomic mass is 28.4. The Morgan fingerprint density at radius 3 is 1.23 bits per heavy atom. The van der Waals surface area contributed by atoms with Gasteiger partial charge < -0.3 is 28.0 Å². The lowest BCUT2D eigenvalue weighted by Gasteiger charge is -2.26. The predicted octanol–water partition coefficient (Wildman–Crippen LogP) is 0.222. The Hall–Kier alpha value is -0.463. The predicted molar refractivity (Wildman–Crippen MR) is 92.7 cm³/mol. The second kappa shape index (κ2) is 12.0. The molecule has 0 fully saturated rings. The highest BCUT2D eigenvalue weighted by Gasteiger charge is 2.40. The minimum Gasteiger partial charge on any atom is -0.363 e. The lowest BCUT2D eigenvalue weighted by Crippen LogP contribution is -2.48. The van der Waals surface area contributed by atoms with E-state index in [0.717, 1.165) is 19.6 Å². The van der Waals surface area contributed by atoms with Gasteiger partial charge in [0.15, 0.2) is 0 Å². The van der Waals surface area contributed by atoms with Crippen molar-refractivity contribution in [2.75, 3.05) is 81.7 Å².